The number of nitrogens with one attached hydrogen (secondary N) is 3. The third kappa shape index (κ3) is 5.53. The molecule has 1 aliphatic rings. The molecule has 0 fully saturated rings. The van der Waals surface area contributed by atoms with Gasteiger partial charge in [-0.1, -0.05) is 24.3 Å². The predicted octanol–water partition coefficient (Wildman–Crippen LogP) is 3.83. The van der Waals surface area contributed by atoms with Crippen LogP contribution in [-0.4, -0.2) is 31.1 Å². The van der Waals surface area contributed by atoms with Gasteiger partial charge in [0.05, 0.1) is 6.42 Å². The number of anilines is 3. The molecule has 0 atom stereocenters. The molecular weight excluding hydrogens is 394 g/mol. The van der Waals surface area contributed by atoms with Crippen molar-refractivity contribution in [3.63, 3.8) is 0 Å². The molecule has 0 aliphatic heterocycles. The van der Waals surface area contributed by atoms with Crippen LogP contribution < -0.4 is 15.4 Å². The Morgan fingerprint density at radius 1 is 1.16 bits per heavy atom. The quantitative estimate of drug-likeness (QED) is 0.535. The largest absolute Gasteiger partial charge is 0.424 e. The van der Waals surface area contributed by atoms with Crippen LogP contribution >= 0.6 is 0 Å². The number of ether oxygens (including phenoxy) is 1. The van der Waals surface area contributed by atoms with E-state index in [4.69, 9.17) is 4.74 Å². The van der Waals surface area contributed by atoms with Crippen LogP contribution in [0.3, 0.4) is 0 Å². The van der Waals surface area contributed by atoms with Crippen molar-refractivity contribution < 1.29 is 9.53 Å². The normalized spacial score (nSPS) is 13.2. The number of carbonyl (C=O) groups is 1. The lowest BCUT2D eigenvalue weighted by atomic mass is 10.1. The highest BCUT2D eigenvalue weighted by molar-refractivity contribution is 5.92. The van der Waals surface area contributed by atoms with Crippen molar-refractivity contribution in [3.05, 3.63) is 71.4 Å². The number of hydrogen-bond donors (Lipinski definition) is 3. The summed E-state index contributed by atoms with van der Waals surface area (Å²) in [7, 11) is 0. The molecule has 158 valence electrons. The number of benzene rings is 1. The van der Waals surface area contributed by atoms with Crippen molar-refractivity contribution in [1.29, 1.82) is 0 Å². The highest BCUT2D eigenvalue weighted by Crippen LogP contribution is 2.22. The summed E-state index contributed by atoms with van der Waals surface area (Å²) in [6, 6.07) is 11.2. The maximum Gasteiger partial charge on any atom is 0.327 e. The van der Waals surface area contributed by atoms with E-state index in [1.54, 1.807) is 13.0 Å². The molecule has 4 rings (SSSR count). The first-order valence-electron chi connectivity index (χ1n) is 9.98. The van der Waals surface area contributed by atoms with Gasteiger partial charge in [-0.2, -0.15) is 20.1 Å². The predicted molar refractivity (Wildman–Crippen MR) is 117 cm³/mol. The van der Waals surface area contributed by atoms with Crippen LogP contribution in [0.4, 0.5) is 17.5 Å². The summed E-state index contributed by atoms with van der Waals surface area (Å²) in [6.07, 6.45) is 6.12. The van der Waals surface area contributed by atoms with Crippen molar-refractivity contribution in [3.8, 4) is 6.01 Å². The van der Waals surface area contributed by atoms with Crippen molar-refractivity contribution >= 4 is 23.4 Å². The molecule has 3 aromatic rings. The van der Waals surface area contributed by atoms with Gasteiger partial charge < -0.3 is 15.4 Å². The number of para-hydroxylation sites is 1. The summed E-state index contributed by atoms with van der Waals surface area (Å²) in [5.41, 5.74) is 2.56. The van der Waals surface area contributed by atoms with Gasteiger partial charge in [0.2, 0.25) is 11.9 Å². The minimum absolute atomic E-state index is 0.141. The molecule has 0 unspecified atom stereocenters. The molecule has 1 aliphatic carbocycles. The molecule has 9 nitrogen and oxygen atoms in total. The van der Waals surface area contributed by atoms with Crippen LogP contribution in [0.1, 0.15) is 31.3 Å². The van der Waals surface area contributed by atoms with Crippen molar-refractivity contribution in [2.24, 2.45) is 0 Å². The van der Waals surface area contributed by atoms with Crippen molar-refractivity contribution in [2.75, 3.05) is 10.6 Å². The summed E-state index contributed by atoms with van der Waals surface area (Å²) in [4.78, 5) is 25.1. The average Bonchev–Trinajstić information content (AvgIpc) is 3.16. The van der Waals surface area contributed by atoms with E-state index in [1.807, 2.05) is 43.3 Å². The van der Waals surface area contributed by atoms with Crippen molar-refractivity contribution in [2.45, 2.75) is 33.1 Å². The maximum absolute atomic E-state index is 12.2. The zero-order chi connectivity index (χ0) is 21.6. The van der Waals surface area contributed by atoms with Gasteiger partial charge in [-0.25, -0.2) is 0 Å². The Kier molecular flexibility index (Phi) is 6.02. The second-order valence-electron chi connectivity index (χ2n) is 7.17. The molecule has 0 bridgehead atoms. The first-order chi connectivity index (χ1) is 15.0. The van der Waals surface area contributed by atoms with Gasteiger partial charge in [0.15, 0.2) is 5.82 Å². The topological polar surface area (TPSA) is 118 Å². The Hall–Kier alpha value is -4.01. The zero-order valence-corrected chi connectivity index (χ0v) is 17.3. The molecule has 2 aromatic heterocycles. The van der Waals surface area contributed by atoms with Gasteiger partial charge in [-0.05, 0) is 50.5 Å². The molecule has 9 heteroatoms. The smallest absolute Gasteiger partial charge is 0.327 e. The molecule has 31 heavy (non-hydrogen) atoms. The zero-order valence-electron chi connectivity index (χ0n) is 17.3. The van der Waals surface area contributed by atoms with E-state index in [0.29, 0.717) is 23.3 Å². The standard InChI is InChI=1S/C22H23N7O2/c1-14-8-6-7-11-18(14)31-22-24-15(2)23-21(27-22)26-19-12-17(28-29-19)13-20(30)25-16-9-4-3-5-10-16/h3-5,7,9-12H,6,8,13H2,1-2H3,(H,25,30)(H2,23,24,26,27,28,29). The van der Waals surface area contributed by atoms with Crippen LogP contribution in [0.2, 0.25) is 0 Å². The fourth-order valence-corrected chi connectivity index (χ4v) is 3.06. The number of H-pyrrole nitrogens is 1. The third-order valence-corrected chi connectivity index (χ3v) is 4.58. The molecule has 3 N–H and O–H groups in total. The van der Waals surface area contributed by atoms with Gasteiger partial charge in [-0.15, -0.1) is 0 Å². The number of aryl methyl sites for hydroxylation is 1. The summed E-state index contributed by atoms with van der Waals surface area (Å²) in [6.45, 7) is 3.80. The number of allylic oxidation sites excluding steroid dienone is 3. The van der Waals surface area contributed by atoms with Crippen LogP contribution in [0.15, 0.2) is 59.9 Å². The Balaban J connectivity index is 1.40. The monoisotopic (exact) mass is 417 g/mol. The van der Waals surface area contributed by atoms with E-state index >= 15 is 0 Å². The fourth-order valence-electron chi connectivity index (χ4n) is 3.06. The molecule has 1 amide bonds. The SMILES string of the molecule is CC1=C(Oc2nc(C)nc(Nc3cc(CC(=O)Nc4ccccc4)[nH]n3)n2)C=CCC1. The van der Waals surface area contributed by atoms with Crippen LogP contribution in [0.5, 0.6) is 6.01 Å². The summed E-state index contributed by atoms with van der Waals surface area (Å²) < 4.78 is 5.85. The van der Waals surface area contributed by atoms with E-state index in [0.717, 1.165) is 29.9 Å². The van der Waals surface area contributed by atoms with Crippen LogP contribution in [0.25, 0.3) is 0 Å². The Morgan fingerprint density at radius 2 is 2.00 bits per heavy atom. The van der Waals surface area contributed by atoms with E-state index in [-0.39, 0.29) is 18.3 Å². The number of rotatable bonds is 7. The van der Waals surface area contributed by atoms with E-state index in [2.05, 4.69) is 41.9 Å². The van der Waals surface area contributed by atoms with Crippen LogP contribution in [0, 0.1) is 6.92 Å². The van der Waals surface area contributed by atoms with Gasteiger partial charge in [0, 0.05) is 17.4 Å². The second kappa shape index (κ2) is 9.21. The number of carbonyl (C=O) groups excluding carboxylic acids is 1. The fraction of sp³-hybridized carbons (Fsp3) is 0.227. The van der Waals surface area contributed by atoms with E-state index in [9.17, 15) is 4.79 Å². The summed E-state index contributed by atoms with van der Waals surface area (Å²) in [5.74, 6) is 1.94. The number of aromatic amines is 1. The molecular formula is C22H23N7O2. The van der Waals surface area contributed by atoms with Crippen molar-refractivity contribution in [1.82, 2.24) is 25.1 Å². The number of aromatic nitrogens is 5. The Bertz CT molecular complexity index is 1140. The summed E-state index contributed by atoms with van der Waals surface area (Å²) >= 11 is 0. The Labute approximate surface area is 179 Å². The molecule has 2 heterocycles. The highest BCUT2D eigenvalue weighted by atomic mass is 16.5. The number of nitrogens with zero attached hydrogens (tertiary/aromatic N) is 4. The van der Waals surface area contributed by atoms with Gasteiger partial charge in [0.1, 0.15) is 11.6 Å². The Morgan fingerprint density at radius 3 is 2.81 bits per heavy atom. The lowest BCUT2D eigenvalue weighted by Gasteiger charge is -2.13. The molecule has 0 radical (unpaired) electrons. The average molecular weight is 417 g/mol. The number of hydrogen-bond acceptors (Lipinski definition) is 7. The third-order valence-electron chi connectivity index (χ3n) is 4.58. The van der Waals surface area contributed by atoms with Gasteiger partial charge in [0.25, 0.3) is 0 Å². The second-order valence-corrected chi connectivity index (χ2v) is 7.17. The van der Waals surface area contributed by atoms with E-state index < -0.39 is 0 Å². The van der Waals surface area contributed by atoms with Gasteiger partial charge >= 0.3 is 6.01 Å². The lowest BCUT2D eigenvalue weighted by Crippen LogP contribution is -2.14. The van der Waals surface area contributed by atoms with Gasteiger partial charge in [-0.3, -0.25) is 9.89 Å². The van der Waals surface area contributed by atoms with E-state index in [1.165, 1.54) is 0 Å². The number of amides is 1. The minimum atomic E-state index is -0.141. The first-order valence-corrected chi connectivity index (χ1v) is 9.98. The lowest BCUT2D eigenvalue weighted by molar-refractivity contribution is -0.115. The highest BCUT2D eigenvalue weighted by Gasteiger charge is 2.13. The van der Waals surface area contributed by atoms with Crippen LogP contribution in [-0.2, 0) is 11.2 Å². The molecule has 0 saturated heterocycles. The molecule has 1 aromatic carbocycles. The minimum Gasteiger partial charge on any atom is -0.424 e. The summed E-state index contributed by atoms with van der Waals surface area (Å²) in [5, 5.41) is 12.9. The maximum atomic E-state index is 12.2. The molecule has 0 saturated carbocycles. The first kappa shape index (κ1) is 20.3. The molecule has 0 spiro atoms.